The van der Waals surface area contributed by atoms with Crippen LogP contribution in [0.1, 0.15) is 252 Å². The lowest BCUT2D eigenvalue weighted by Gasteiger charge is -2.24. The first kappa shape index (κ1) is 53.3. The molecule has 0 aromatic rings. The Kier molecular flexibility index (Phi) is 42.2. The molecule has 6 nitrogen and oxygen atoms in total. The van der Waals surface area contributed by atoms with Crippen molar-refractivity contribution >= 4 is 11.9 Å². The van der Waals surface area contributed by atoms with Crippen molar-refractivity contribution in [2.24, 2.45) is 0 Å². The van der Waals surface area contributed by atoms with Gasteiger partial charge < -0.3 is 20.3 Å². The topological polar surface area (TPSA) is 95.9 Å². The van der Waals surface area contributed by atoms with Gasteiger partial charge in [-0.1, -0.05) is 193 Å². The molecule has 0 aromatic heterocycles. The maximum absolute atomic E-state index is 13.1. The molecule has 0 heterocycles. The third-order valence-corrected chi connectivity index (χ3v) is 11.0. The second-order valence-electron chi connectivity index (χ2n) is 16.5. The van der Waals surface area contributed by atoms with E-state index in [0.29, 0.717) is 19.3 Å². The van der Waals surface area contributed by atoms with Crippen molar-refractivity contribution in [3.05, 3.63) is 24.3 Å². The summed E-state index contributed by atoms with van der Waals surface area (Å²) in [5.74, 6) is -0.484. The quantitative estimate of drug-likeness (QED) is 0.0326. The molecule has 3 unspecified atom stereocenters. The summed E-state index contributed by atoms with van der Waals surface area (Å²) in [6.45, 7) is 6.40. The van der Waals surface area contributed by atoms with E-state index in [0.717, 1.165) is 70.6 Å². The van der Waals surface area contributed by atoms with E-state index < -0.39 is 18.2 Å². The number of aliphatic hydroxyl groups is 2. The van der Waals surface area contributed by atoms with Crippen LogP contribution in [0.5, 0.6) is 0 Å². The van der Waals surface area contributed by atoms with Gasteiger partial charge in [-0.05, 0) is 70.6 Å². The molecule has 1 amide bonds. The number of aliphatic hydroxyl groups excluding tert-OH is 2. The van der Waals surface area contributed by atoms with Gasteiger partial charge in [0.25, 0.3) is 0 Å². The third kappa shape index (κ3) is 39.0. The SMILES string of the molecule is CCC/C=C\CCCCCCCC(=O)OC(CCCCCCCCC/C=C/CCCCCCCC)CC(=O)NC(CO)C(O)CCCCCCCCCCC. The first-order valence-corrected chi connectivity index (χ1v) is 24.1. The zero-order valence-corrected chi connectivity index (χ0v) is 36.8. The van der Waals surface area contributed by atoms with Crippen molar-refractivity contribution in [2.45, 2.75) is 270 Å². The van der Waals surface area contributed by atoms with Crippen LogP contribution in [0.25, 0.3) is 0 Å². The smallest absolute Gasteiger partial charge is 0.306 e. The molecule has 0 spiro atoms. The molecule has 0 fully saturated rings. The number of hydrogen-bond acceptors (Lipinski definition) is 5. The predicted molar refractivity (Wildman–Crippen MR) is 236 cm³/mol. The van der Waals surface area contributed by atoms with E-state index in [4.69, 9.17) is 4.74 Å². The monoisotopic (exact) mass is 776 g/mol. The minimum Gasteiger partial charge on any atom is -0.462 e. The van der Waals surface area contributed by atoms with E-state index in [1.807, 2.05) is 0 Å². The minimum atomic E-state index is -0.784. The molecule has 3 N–H and O–H groups in total. The van der Waals surface area contributed by atoms with Crippen molar-refractivity contribution in [3.8, 4) is 0 Å². The van der Waals surface area contributed by atoms with Crippen LogP contribution < -0.4 is 5.32 Å². The molecule has 0 saturated carbocycles. The van der Waals surface area contributed by atoms with Crippen LogP contribution in [0.15, 0.2) is 24.3 Å². The maximum atomic E-state index is 13.1. The van der Waals surface area contributed by atoms with Crippen LogP contribution in [-0.2, 0) is 14.3 Å². The van der Waals surface area contributed by atoms with Gasteiger partial charge in [0.1, 0.15) is 6.10 Å². The van der Waals surface area contributed by atoms with E-state index in [2.05, 4.69) is 50.4 Å². The Hall–Kier alpha value is -1.66. The summed E-state index contributed by atoms with van der Waals surface area (Å²) in [6.07, 6.45) is 48.1. The van der Waals surface area contributed by atoms with Crippen LogP contribution >= 0.6 is 0 Å². The van der Waals surface area contributed by atoms with Gasteiger partial charge in [0.15, 0.2) is 0 Å². The fourth-order valence-corrected chi connectivity index (χ4v) is 7.31. The van der Waals surface area contributed by atoms with Crippen LogP contribution in [-0.4, -0.2) is 46.9 Å². The fraction of sp³-hybridized carbons (Fsp3) is 0.878. The summed E-state index contributed by atoms with van der Waals surface area (Å²) in [5, 5.41) is 23.6. The van der Waals surface area contributed by atoms with Crippen LogP contribution in [0, 0.1) is 0 Å². The molecule has 6 heteroatoms. The van der Waals surface area contributed by atoms with E-state index in [1.54, 1.807) is 0 Å². The van der Waals surface area contributed by atoms with Crippen molar-refractivity contribution in [1.82, 2.24) is 5.32 Å². The van der Waals surface area contributed by atoms with Gasteiger partial charge in [-0.15, -0.1) is 0 Å². The molecule has 3 atom stereocenters. The fourth-order valence-electron chi connectivity index (χ4n) is 7.31. The Morgan fingerprint density at radius 1 is 0.509 bits per heavy atom. The average Bonchev–Trinajstić information content (AvgIpc) is 3.18. The molecule has 0 saturated heterocycles. The molecule has 324 valence electrons. The zero-order valence-electron chi connectivity index (χ0n) is 36.8. The molecular weight excluding hydrogens is 683 g/mol. The first-order valence-electron chi connectivity index (χ1n) is 24.1. The number of rotatable bonds is 43. The van der Waals surface area contributed by atoms with Gasteiger partial charge in [0.2, 0.25) is 5.91 Å². The average molecular weight is 776 g/mol. The number of ether oxygens (including phenoxy) is 1. The molecule has 0 aliphatic rings. The largest absolute Gasteiger partial charge is 0.462 e. The van der Waals surface area contributed by atoms with Gasteiger partial charge in [-0.3, -0.25) is 9.59 Å². The second-order valence-corrected chi connectivity index (χ2v) is 16.5. The molecule has 0 aliphatic carbocycles. The molecule has 0 bridgehead atoms. The lowest BCUT2D eigenvalue weighted by atomic mass is 10.0. The van der Waals surface area contributed by atoms with Gasteiger partial charge in [0.05, 0.1) is 25.2 Å². The zero-order chi connectivity index (χ0) is 40.3. The standard InChI is InChI=1S/C49H93NO5/c1-4-7-10-13-16-19-21-22-23-24-25-26-27-29-31-34-37-40-45(55-49(54)42-39-36-33-30-20-17-14-11-8-5-2)43-48(53)50-46(44-51)47(52)41-38-35-32-28-18-15-12-9-6-3/h11,14,22-23,45-47,51-52H,4-10,12-13,15-21,24-44H2,1-3H3,(H,50,53)/b14-11-,23-22+. The minimum absolute atomic E-state index is 0.0743. The summed E-state index contributed by atoms with van der Waals surface area (Å²) < 4.78 is 5.90. The summed E-state index contributed by atoms with van der Waals surface area (Å²) in [5.41, 5.74) is 0. The Morgan fingerprint density at radius 2 is 0.909 bits per heavy atom. The first-order chi connectivity index (χ1) is 27.0. The van der Waals surface area contributed by atoms with Crippen molar-refractivity contribution in [3.63, 3.8) is 0 Å². The van der Waals surface area contributed by atoms with E-state index in [-0.39, 0.29) is 24.9 Å². The highest BCUT2D eigenvalue weighted by molar-refractivity contribution is 5.77. The molecule has 55 heavy (non-hydrogen) atoms. The predicted octanol–water partition coefficient (Wildman–Crippen LogP) is 14.0. The summed E-state index contributed by atoms with van der Waals surface area (Å²) in [7, 11) is 0. The summed E-state index contributed by atoms with van der Waals surface area (Å²) in [6, 6.07) is -0.698. The maximum Gasteiger partial charge on any atom is 0.306 e. The number of amides is 1. The van der Waals surface area contributed by atoms with Gasteiger partial charge in [-0.25, -0.2) is 0 Å². The van der Waals surface area contributed by atoms with Crippen LogP contribution in [0.2, 0.25) is 0 Å². The van der Waals surface area contributed by atoms with Crippen LogP contribution in [0.3, 0.4) is 0 Å². The lowest BCUT2D eigenvalue weighted by molar-refractivity contribution is -0.151. The Morgan fingerprint density at radius 3 is 1.36 bits per heavy atom. The lowest BCUT2D eigenvalue weighted by Crippen LogP contribution is -2.46. The number of esters is 1. The molecular formula is C49H93NO5. The number of carbonyl (C=O) groups is 2. The van der Waals surface area contributed by atoms with Crippen molar-refractivity contribution in [2.75, 3.05) is 6.61 Å². The van der Waals surface area contributed by atoms with E-state index >= 15 is 0 Å². The number of unbranched alkanes of at least 4 members (excludes halogenated alkanes) is 27. The number of allylic oxidation sites excluding steroid dienone is 4. The highest BCUT2D eigenvalue weighted by atomic mass is 16.5. The highest BCUT2D eigenvalue weighted by Crippen LogP contribution is 2.18. The molecule has 0 aromatic carbocycles. The molecule has 0 aliphatic heterocycles. The Bertz CT molecular complexity index is 873. The van der Waals surface area contributed by atoms with Crippen molar-refractivity contribution in [1.29, 1.82) is 0 Å². The summed E-state index contributed by atoms with van der Waals surface area (Å²) in [4.78, 5) is 26.0. The van der Waals surface area contributed by atoms with Gasteiger partial charge >= 0.3 is 5.97 Å². The molecule has 0 radical (unpaired) electrons. The number of nitrogens with one attached hydrogen (secondary N) is 1. The normalized spacial score (nSPS) is 13.5. The Balaban J connectivity index is 4.56. The van der Waals surface area contributed by atoms with Gasteiger partial charge in [0, 0.05) is 6.42 Å². The van der Waals surface area contributed by atoms with Crippen molar-refractivity contribution < 1.29 is 24.5 Å². The second kappa shape index (κ2) is 43.5. The van der Waals surface area contributed by atoms with E-state index in [1.165, 1.54) is 135 Å². The van der Waals surface area contributed by atoms with Gasteiger partial charge in [-0.2, -0.15) is 0 Å². The Labute approximate surface area is 341 Å². The number of hydrogen-bond donors (Lipinski definition) is 3. The number of carbonyl (C=O) groups excluding carboxylic acids is 2. The highest BCUT2D eigenvalue weighted by Gasteiger charge is 2.24. The van der Waals surface area contributed by atoms with E-state index in [9.17, 15) is 19.8 Å². The molecule has 0 rings (SSSR count). The summed E-state index contributed by atoms with van der Waals surface area (Å²) >= 11 is 0. The van der Waals surface area contributed by atoms with Crippen LogP contribution in [0.4, 0.5) is 0 Å². The third-order valence-electron chi connectivity index (χ3n) is 11.0.